The lowest BCUT2D eigenvalue weighted by Gasteiger charge is -2.23. The first-order valence-corrected chi connectivity index (χ1v) is 17.2. The Morgan fingerprint density at radius 1 is 0.850 bits per heavy atom. The fourth-order valence-electron chi connectivity index (χ4n) is 3.92. The number of carbonyl (C=O) groups is 1. The molecule has 1 heterocycles. The monoisotopic (exact) mass is 630 g/mol. The third kappa shape index (κ3) is 8.46. The molecule has 0 spiro atoms. The summed E-state index contributed by atoms with van der Waals surface area (Å²) in [6.07, 6.45) is 4.52. The molecular formula is C27H39ClN4O5S3. The smallest absolute Gasteiger partial charge is 0.260 e. The van der Waals surface area contributed by atoms with Crippen molar-refractivity contribution < 1.29 is 21.6 Å². The highest BCUT2D eigenvalue weighted by Gasteiger charge is 2.26. The topological polar surface area (TPSA) is 108 Å². The van der Waals surface area contributed by atoms with Crippen molar-refractivity contribution in [1.29, 1.82) is 0 Å². The first-order chi connectivity index (χ1) is 18.4. The summed E-state index contributed by atoms with van der Waals surface area (Å²) in [5.74, 6) is -0.308. The molecule has 0 bridgehead atoms. The second-order valence-corrected chi connectivity index (χ2v) is 14.8. The summed E-state index contributed by atoms with van der Waals surface area (Å²) >= 11 is 1.25. The van der Waals surface area contributed by atoms with Crippen molar-refractivity contribution in [2.75, 3.05) is 51.4 Å². The quantitative estimate of drug-likeness (QED) is 0.249. The van der Waals surface area contributed by atoms with Crippen LogP contribution in [0.1, 0.15) is 49.9 Å². The van der Waals surface area contributed by atoms with Crippen molar-refractivity contribution in [3.63, 3.8) is 0 Å². The maximum atomic E-state index is 13.7. The van der Waals surface area contributed by atoms with Crippen LogP contribution in [0.2, 0.25) is 0 Å². The number of carbonyl (C=O) groups excluding carboxylic acids is 1. The number of halogens is 1. The number of thiazole rings is 1. The molecule has 3 aromatic rings. The van der Waals surface area contributed by atoms with Crippen LogP contribution in [0.15, 0.2) is 52.3 Å². The van der Waals surface area contributed by atoms with E-state index in [-0.39, 0.29) is 28.1 Å². The summed E-state index contributed by atoms with van der Waals surface area (Å²) in [6.45, 7) is 5.93. The number of hydrogen-bond donors (Lipinski definition) is 0. The zero-order valence-corrected chi connectivity index (χ0v) is 26.9. The molecule has 0 fully saturated rings. The number of benzene rings is 2. The molecule has 0 saturated carbocycles. The van der Waals surface area contributed by atoms with Gasteiger partial charge in [0.2, 0.25) is 10.0 Å². The van der Waals surface area contributed by atoms with Gasteiger partial charge in [-0.15, -0.1) is 12.4 Å². The van der Waals surface area contributed by atoms with Crippen molar-refractivity contribution in [2.45, 2.75) is 49.3 Å². The number of rotatable bonds is 14. The Labute approximate surface area is 248 Å². The Morgan fingerprint density at radius 2 is 1.43 bits per heavy atom. The number of nitrogens with zero attached hydrogens (tertiary/aromatic N) is 4. The predicted molar refractivity (Wildman–Crippen MR) is 165 cm³/mol. The molecule has 9 nitrogen and oxygen atoms in total. The van der Waals surface area contributed by atoms with Crippen LogP contribution in [0.25, 0.3) is 10.2 Å². The summed E-state index contributed by atoms with van der Waals surface area (Å²) in [5.41, 5.74) is 0.947. The largest absolute Gasteiger partial charge is 0.308 e. The SMILES string of the molecule is CCCCN(CCCC)S(=O)(=O)c1ccc(C(=O)N(CCN(C)C)c2nc3ccc(S(C)(=O)=O)cc3s2)cc1.Cl. The van der Waals surface area contributed by atoms with Crippen molar-refractivity contribution in [2.24, 2.45) is 0 Å². The van der Waals surface area contributed by atoms with Crippen LogP contribution in [-0.2, 0) is 19.9 Å². The lowest BCUT2D eigenvalue weighted by molar-refractivity contribution is 0.0985. The first kappa shape index (κ1) is 34.1. The second-order valence-electron chi connectivity index (χ2n) is 9.79. The van der Waals surface area contributed by atoms with Crippen LogP contribution < -0.4 is 4.90 Å². The maximum Gasteiger partial charge on any atom is 0.260 e. The highest BCUT2D eigenvalue weighted by molar-refractivity contribution is 7.90. The molecule has 3 rings (SSSR count). The molecule has 0 aliphatic heterocycles. The van der Waals surface area contributed by atoms with Crippen LogP contribution >= 0.6 is 23.7 Å². The standard InChI is InChI=1S/C27H38N4O5S3.ClH/c1-6-8-16-30(17-9-7-2)39(35,36)22-12-10-21(11-13-22)26(32)31(19-18-29(3)4)27-28-24-15-14-23(38(5,33)34)20-25(24)37-27;/h10-15,20H,6-9,16-19H2,1-5H3;1H. The summed E-state index contributed by atoms with van der Waals surface area (Å²) in [6, 6.07) is 10.8. The number of hydrogen-bond acceptors (Lipinski definition) is 8. The van der Waals surface area contributed by atoms with Gasteiger partial charge >= 0.3 is 0 Å². The summed E-state index contributed by atoms with van der Waals surface area (Å²) in [7, 11) is -3.24. The molecule has 0 atom stereocenters. The molecule has 1 aromatic heterocycles. The predicted octanol–water partition coefficient (Wildman–Crippen LogP) is 4.92. The number of anilines is 1. The normalized spacial score (nSPS) is 12.2. The Balaban J connectivity index is 0.00000560. The Kier molecular flexibility index (Phi) is 12.5. The highest BCUT2D eigenvalue weighted by atomic mass is 35.5. The van der Waals surface area contributed by atoms with Gasteiger partial charge in [-0.3, -0.25) is 9.69 Å². The van der Waals surface area contributed by atoms with Gasteiger partial charge in [-0.25, -0.2) is 21.8 Å². The van der Waals surface area contributed by atoms with Crippen molar-refractivity contribution in [3.05, 3.63) is 48.0 Å². The molecule has 222 valence electrons. The lowest BCUT2D eigenvalue weighted by Crippen LogP contribution is -2.37. The van der Waals surface area contributed by atoms with Crippen LogP contribution in [-0.4, -0.2) is 83.5 Å². The minimum Gasteiger partial charge on any atom is -0.308 e. The molecule has 1 amide bonds. The molecule has 0 radical (unpaired) electrons. The van der Waals surface area contributed by atoms with E-state index in [1.807, 2.05) is 32.8 Å². The van der Waals surface area contributed by atoms with Crippen LogP contribution in [0.4, 0.5) is 5.13 Å². The summed E-state index contributed by atoms with van der Waals surface area (Å²) in [4.78, 5) is 22.1. The average molecular weight is 631 g/mol. The van der Waals surface area contributed by atoms with E-state index < -0.39 is 19.9 Å². The summed E-state index contributed by atoms with van der Waals surface area (Å²) in [5, 5.41) is 0.449. The first-order valence-electron chi connectivity index (χ1n) is 13.1. The minimum absolute atomic E-state index is 0. The molecule has 0 saturated heterocycles. The molecule has 40 heavy (non-hydrogen) atoms. The van der Waals surface area contributed by atoms with E-state index in [0.29, 0.717) is 47.1 Å². The van der Waals surface area contributed by atoms with Gasteiger partial charge in [0.25, 0.3) is 5.91 Å². The van der Waals surface area contributed by atoms with Gasteiger partial charge in [-0.1, -0.05) is 38.0 Å². The van der Waals surface area contributed by atoms with Crippen LogP contribution in [0, 0.1) is 0 Å². The van der Waals surface area contributed by atoms with Gasteiger partial charge in [-0.2, -0.15) is 4.31 Å². The van der Waals surface area contributed by atoms with E-state index in [1.54, 1.807) is 29.2 Å². The Morgan fingerprint density at radius 3 is 1.95 bits per heavy atom. The third-order valence-corrected chi connectivity index (χ3v) is 10.3. The van der Waals surface area contributed by atoms with Crippen molar-refractivity contribution in [3.8, 4) is 0 Å². The molecule has 0 aliphatic rings. The number of sulfonamides is 1. The van der Waals surface area contributed by atoms with Gasteiger partial charge < -0.3 is 4.90 Å². The van der Waals surface area contributed by atoms with E-state index >= 15 is 0 Å². The maximum absolute atomic E-state index is 13.7. The summed E-state index contributed by atoms with van der Waals surface area (Å²) < 4.78 is 52.9. The van der Waals surface area contributed by atoms with E-state index in [9.17, 15) is 21.6 Å². The Bertz CT molecular complexity index is 1480. The second kappa shape index (κ2) is 14.7. The number of sulfone groups is 1. The van der Waals surface area contributed by atoms with Crippen molar-refractivity contribution in [1.82, 2.24) is 14.2 Å². The van der Waals surface area contributed by atoms with Gasteiger partial charge in [0.05, 0.1) is 20.0 Å². The zero-order valence-electron chi connectivity index (χ0n) is 23.7. The zero-order chi connectivity index (χ0) is 28.8. The fraction of sp³-hybridized carbons (Fsp3) is 0.481. The van der Waals surface area contributed by atoms with Gasteiger partial charge in [0, 0.05) is 38.0 Å². The van der Waals surface area contributed by atoms with E-state index in [4.69, 9.17) is 0 Å². The number of unbranched alkanes of at least 4 members (excludes halogenated alkanes) is 2. The molecule has 0 unspecified atom stereocenters. The number of amides is 1. The number of likely N-dealkylation sites (N-methyl/N-ethyl adjacent to an activating group) is 1. The van der Waals surface area contributed by atoms with Gasteiger partial charge in [-0.05, 0) is 69.4 Å². The van der Waals surface area contributed by atoms with Crippen LogP contribution in [0.3, 0.4) is 0 Å². The highest BCUT2D eigenvalue weighted by Crippen LogP contribution is 2.31. The lowest BCUT2D eigenvalue weighted by atomic mass is 10.2. The van der Waals surface area contributed by atoms with Gasteiger partial charge in [0.15, 0.2) is 15.0 Å². The van der Waals surface area contributed by atoms with E-state index in [2.05, 4.69) is 4.98 Å². The van der Waals surface area contributed by atoms with Crippen molar-refractivity contribution >= 4 is 64.9 Å². The fourth-order valence-corrected chi connectivity index (χ4v) is 7.19. The Hall–Kier alpha value is -2.09. The van der Waals surface area contributed by atoms with E-state index in [0.717, 1.165) is 31.9 Å². The van der Waals surface area contributed by atoms with Crippen LogP contribution in [0.5, 0.6) is 0 Å². The molecule has 13 heteroatoms. The number of aromatic nitrogens is 1. The average Bonchev–Trinajstić information content (AvgIpc) is 3.31. The number of fused-ring (bicyclic) bond motifs is 1. The minimum atomic E-state index is -3.67. The molecule has 0 N–H and O–H groups in total. The third-order valence-electron chi connectivity index (χ3n) is 6.28. The van der Waals surface area contributed by atoms with Gasteiger partial charge in [0.1, 0.15) is 0 Å². The molecular weight excluding hydrogens is 592 g/mol. The van der Waals surface area contributed by atoms with E-state index in [1.165, 1.54) is 33.8 Å². The molecule has 2 aromatic carbocycles. The molecule has 0 aliphatic carbocycles.